The summed E-state index contributed by atoms with van der Waals surface area (Å²) in [6.45, 7) is 1.55. The van der Waals surface area contributed by atoms with Crippen LogP contribution in [0.1, 0.15) is 0 Å². The van der Waals surface area contributed by atoms with Gasteiger partial charge in [0.25, 0.3) is 0 Å². The van der Waals surface area contributed by atoms with Gasteiger partial charge in [0.15, 0.2) is 0 Å². The summed E-state index contributed by atoms with van der Waals surface area (Å²) >= 11 is 0. The summed E-state index contributed by atoms with van der Waals surface area (Å²) in [4.78, 5) is 0. The van der Waals surface area contributed by atoms with Gasteiger partial charge in [-0.3, -0.25) is 5.32 Å². The molecule has 2 rings (SSSR count). The molecular weight excluding hydrogens is 126 g/mol. The Bertz CT molecular complexity index is 154. The molecule has 2 unspecified atom stereocenters. The van der Waals surface area contributed by atoms with Gasteiger partial charge in [-0.15, -0.1) is 0 Å². The van der Waals surface area contributed by atoms with E-state index >= 15 is 0 Å². The second kappa shape index (κ2) is 2.56. The molecule has 1 aliphatic carbocycles. The highest BCUT2D eigenvalue weighted by Crippen LogP contribution is 2.15. The van der Waals surface area contributed by atoms with Crippen molar-refractivity contribution in [3.8, 4) is 0 Å². The fraction of sp³-hybridized carbons (Fsp3) is 0.500. The van der Waals surface area contributed by atoms with E-state index in [4.69, 9.17) is 4.74 Å². The standard InChI is InChI=1S/C8H11NO/c1-2-4-8-7(3-1)5-10-6-9-8/h1-4,7-9H,5-6H2. The van der Waals surface area contributed by atoms with Crippen LogP contribution in [0.25, 0.3) is 0 Å². The van der Waals surface area contributed by atoms with Gasteiger partial charge in [0.1, 0.15) is 0 Å². The van der Waals surface area contributed by atoms with Gasteiger partial charge in [0.2, 0.25) is 0 Å². The van der Waals surface area contributed by atoms with Crippen molar-refractivity contribution in [2.75, 3.05) is 13.3 Å². The molecule has 54 valence electrons. The van der Waals surface area contributed by atoms with Gasteiger partial charge < -0.3 is 4.74 Å². The van der Waals surface area contributed by atoms with Crippen LogP contribution in [0, 0.1) is 5.92 Å². The lowest BCUT2D eigenvalue weighted by atomic mass is 9.95. The Morgan fingerprint density at radius 3 is 3.10 bits per heavy atom. The fourth-order valence-electron chi connectivity index (χ4n) is 1.38. The molecular formula is C8H11NO. The second-order valence-electron chi connectivity index (χ2n) is 2.68. The van der Waals surface area contributed by atoms with E-state index in [9.17, 15) is 0 Å². The summed E-state index contributed by atoms with van der Waals surface area (Å²) in [7, 11) is 0. The highest BCUT2D eigenvalue weighted by atomic mass is 16.5. The highest BCUT2D eigenvalue weighted by molar-refractivity contribution is 5.17. The third-order valence-electron chi connectivity index (χ3n) is 1.98. The monoisotopic (exact) mass is 137 g/mol. The van der Waals surface area contributed by atoms with Crippen molar-refractivity contribution in [1.29, 1.82) is 0 Å². The zero-order valence-electron chi connectivity index (χ0n) is 5.79. The van der Waals surface area contributed by atoms with Crippen molar-refractivity contribution in [3.05, 3.63) is 24.3 Å². The van der Waals surface area contributed by atoms with Gasteiger partial charge in [0, 0.05) is 12.0 Å². The molecule has 0 amide bonds. The number of ether oxygens (including phenoxy) is 1. The molecule has 0 saturated carbocycles. The first-order chi connectivity index (χ1) is 4.97. The van der Waals surface area contributed by atoms with E-state index in [0.29, 0.717) is 18.7 Å². The Hall–Kier alpha value is -0.600. The average molecular weight is 137 g/mol. The second-order valence-corrected chi connectivity index (χ2v) is 2.68. The Kier molecular flexibility index (Phi) is 1.57. The van der Waals surface area contributed by atoms with Gasteiger partial charge in [-0.2, -0.15) is 0 Å². The minimum Gasteiger partial charge on any atom is -0.366 e. The van der Waals surface area contributed by atoms with E-state index in [-0.39, 0.29) is 0 Å². The van der Waals surface area contributed by atoms with Gasteiger partial charge in [-0.25, -0.2) is 0 Å². The molecule has 0 aromatic heterocycles. The van der Waals surface area contributed by atoms with Crippen LogP contribution in [0.15, 0.2) is 24.3 Å². The van der Waals surface area contributed by atoms with Gasteiger partial charge in [-0.1, -0.05) is 24.3 Å². The minimum atomic E-state index is 0.513. The average Bonchev–Trinajstić information content (AvgIpc) is 2.05. The molecule has 0 spiro atoms. The maximum absolute atomic E-state index is 5.24. The molecule has 0 aromatic rings. The van der Waals surface area contributed by atoms with Crippen LogP contribution in [0.5, 0.6) is 0 Å². The maximum atomic E-state index is 5.24. The molecule has 1 aliphatic heterocycles. The summed E-state index contributed by atoms with van der Waals surface area (Å²) in [5.74, 6) is 0.554. The highest BCUT2D eigenvalue weighted by Gasteiger charge is 2.21. The van der Waals surface area contributed by atoms with Crippen molar-refractivity contribution < 1.29 is 4.74 Å². The topological polar surface area (TPSA) is 21.3 Å². The molecule has 2 heteroatoms. The van der Waals surface area contributed by atoms with Crippen LogP contribution in [-0.4, -0.2) is 19.4 Å². The molecule has 0 radical (unpaired) electrons. The normalized spacial score (nSPS) is 37.6. The maximum Gasteiger partial charge on any atom is 0.0970 e. The van der Waals surface area contributed by atoms with E-state index < -0.39 is 0 Å². The molecule has 0 aromatic carbocycles. The molecule has 1 saturated heterocycles. The van der Waals surface area contributed by atoms with Crippen LogP contribution >= 0.6 is 0 Å². The molecule has 0 bridgehead atoms. The molecule has 2 atom stereocenters. The molecule has 1 fully saturated rings. The largest absolute Gasteiger partial charge is 0.366 e. The molecule has 2 aliphatic rings. The Morgan fingerprint density at radius 2 is 2.20 bits per heavy atom. The van der Waals surface area contributed by atoms with Crippen molar-refractivity contribution in [2.24, 2.45) is 5.92 Å². The lowest BCUT2D eigenvalue weighted by Crippen LogP contribution is -2.43. The third kappa shape index (κ3) is 1.00. The number of hydrogen-bond acceptors (Lipinski definition) is 2. The predicted molar refractivity (Wildman–Crippen MR) is 39.5 cm³/mol. The van der Waals surface area contributed by atoms with Crippen LogP contribution in [-0.2, 0) is 4.74 Å². The number of rotatable bonds is 0. The van der Waals surface area contributed by atoms with E-state index in [1.54, 1.807) is 0 Å². The number of allylic oxidation sites excluding steroid dienone is 2. The van der Waals surface area contributed by atoms with E-state index in [1.807, 2.05) is 0 Å². The first-order valence-electron chi connectivity index (χ1n) is 3.63. The molecule has 10 heavy (non-hydrogen) atoms. The fourth-order valence-corrected chi connectivity index (χ4v) is 1.38. The van der Waals surface area contributed by atoms with Crippen molar-refractivity contribution in [1.82, 2.24) is 5.32 Å². The number of nitrogens with one attached hydrogen (secondary N) is 1. The summed E-state index contributed by atoms with van der Waals surface area (Å²) in [5, 5.41) is 3.26. The van der Waals surface area contributed by atoms with Crippen LogP contribution < -0.4 is 5.32 Å². The van der Waals surface area contributed by atoms with Crippen LogP contribution in [0.4, 0.5) is 0 Å². The molecule has 1 N–H and O–H groups in total. The van der Waals surface area contributed by atoms with Crippen molar-refractivity contribution in [3.63, 3.8) is 0 Å². The van der Waals surface area contributed by atoms with Crippen molar-refractivity contribution in [2.45, 2.75) is 6.04 Å². The number of fused-ring (bicyclic) bond motifs is 1. The Labute approximate surface area is 60.6 Å². The zero-order valence-corrected chi connectivity index (χ0v) is 5.79. The summed E-state index contributed by atoms with van der Waals surface area (Å²) < 4.78 is 5.24. The zero-order chi connectivity index (χ0) is 6.81. The van der Waals surface area contributed by atoms with Crippen LogP contribution in [0.3, 0.4) is 0 Å². The summed E-state index contributed by atoms with van der Waals surface area (Å²) in [6, 6.07) is 0.513. The van der Waals surface area contributed by atoms with Crippen LogP contribution in [0.2, 0.25) is 0 Å². The van der Waals surface area contributed by atoms with E-state index in [1.165, 1.54) is 0 Å². The molecule has 2 nitrogen and oxygen atoms in total. The summed E-state index contributed by atoms with van der Waals surface area (Å²) in [5.41, 5.74) is 0. The lowest BCUT2D eigenvalue weighted by molar-refractivity contribution is 0.0443. The Morgan fingerprint density at radius 1 is 1.30 bits per heavy atom. The van der Waals surface area contributed by atoms with Gasteiger partial charge in [-0.05, 0) is 0 Å². The van der Waals surface area contributed by atoms with Crippen molar-refractivity contribution >= 4 is 0 Å². The summed E-state index contributed by atoms with van der Waals surface area (Å²) in [6.07, 6.45) is 8.54. The first kappa shape index (κ1) is 6.13. The SMILES string of the molecule is C1=CC2COCNC2C=C1. The predicted octanol–water partition coefficient (Wildman–Crippen LogP) is 0.674. The Balaban J connectivity index is 2.09. The van der Waals surface area contributed by atoms with E-state index in [0.717, 1.165) is 6.61 Å². The molecule has 1 heterocycles. The van der Waals surface area contributed by atoms with Gasteiger partial charge >= 0.3 is 0 Å². The number of hydrogen-bond donors (Lipinski definition) is 1. The van der Waals surface area contributed by atoms with E-state index in [2.05, 4.69) is 29.6 Å². The smallest absolute Gasteiger partial charge is 0.0970 e. The first-order valence-corrected chi connectivity index (χ1v) is 3.63. The van der Waals surface area contributed by atoms with Gasteiger partial charge in [0.05, 0.1) is 13.3 Å². The lowest BCUT2D eigenvalue weighted by Gasteiger charge is -2.29. The minimum absolute atomic E-state index is 0.513. The quantitative estimate of drug-likeness (QED) is 0.530. The third-order valence-corrected chi connectivity index (χ3v) is 1.98.